The van der Waals surface area contributed by atoms with Crippen molar-refractivity contribution in [1.82, 2.24) is 24.5 Å². The van der Waals surface area contributed by atoms with E-state index in [-0.39, 0.29) is 23.6 Å². The van der Waals surface area contributed by atoms with Crippen molar-refractivity contribution in [3.8, 4) is 0 Å². The molecule has 2 aliphatic rings. The van der Waals surface area contributed by atoms with Crippen molar-refractivity contribution in [2.45, 2.75) is 20.0 Å². The normalized spacial score (nSPS) is 16.4. The van der Waals surface area contributed by atoms with Gasteiger partial charge >= 0.3 is 6.09 Å². The third-order valence-electron chi connectivity index (χ3n) is 5.40. The number of carbonyl (C=O) groups excluding carboxylic acids is 3. The fraction of sp³-hybridized carbons (Fsp3) is 0.429. The van der Waals surface area contributed by atoms with E-state index < -0.39 is 0 Å². The van der Waals surface area contributed by atoms with Gasteiger partial charge in [0.2, 0.25) is 0 Å². The summed E-state index contributed by atoms with van der Waals surface area (Å²) < 4.78 is 6.62. The van der Waals surface area contributed by atoms with Gasteiger partial charge in [-0.05, 0) is 12.5 Å². The molecule has 1 aromatic carbocycles. The van der Waals surface area contributed by atoms with Gasteiger partial charge in [-0.25, -0.2) is 4.79 Å². The molecule has 158 valence electrons. The molecule has 0 N–H and O–H groups in total. The number of nitrogens with zero attached hydrogens (tertiary/aromatic N) is 5. The monoisotopic (exact) mass is 411 g/mol. The molecule has 1 fully saturated rings. The van der Waals surface area contributed by atoms with E-state index in [0.29, 0.717) is 58.1 Å². The first-order valence-electron chi connectivity index (χ1n) is 10.2. The highest BCUT2D eigenvalue weighted by Gasteiger charge is 2.31. The van der Waals surface area contributed by atoms with E-state index >= 15 is 0 Å². The SMILES string of the molecule is CCOC(=O)N1CCN(C(=O)c2cc3n(n2)CCN(Cc2ccccc2)C3=O)CC1. The number of benzene rings is 1. The quantitative estimate of drug-likeness (QED) is 0.760. The fourth-order valence-corrected chi connectivity index (χ4v) is 3.77. The Hall–Kier alpha value is -3.36. The van der Waals surface area contributed by atoms with Gasteiger partial charge < -0.3 is 19.4 Å². The Labute approximate surface area is 174 Å². The molecule has 9 heteroatoms. The van der Waals surface area contributed by atoms with Crippen molar-refractivity contribution < 1.29 is 19.1 Å². The van der Waals surface area contributed by atoms with Crippen molar-refractivity contribution in [3.63, 3.8) is 0 Å². The zero-order chi connectivity index (χ0) is 21.1. The van der Waals surface area contributed by atoms with Gasteiger partial charge in [-0.3, -0.25) is 14.3 Å². The molecular weight excluding hydrogens is 386 g/mol. The first-order valence-corrected chi connectivity index (χ1v) is 10.2. The zero-order valence-corrected chi connectivity index (χ0v) is 17.0. The van der Waals surface area contributed by atoms with Crippen LogP contribution in [0.15, 0.2) is 36.4 Å². The van der Waals surface area contributed by atoms with Crippen LogP contribution in [0.1, 0.15) is 33.5 Å². The van der Waals surface area contributed by atoms with Crippen LogP contribution in [0.25, 0.3) is 0 Å². The Morgan fingerprint density at radius 3 is 2.40 bits per heavy atom. The van der Waals surface area contributed by atoms with Gasteiger partial charge in [-0.2, -0.15) is 5.10 Å². The second-order valence-electron chi connectivity index (χ2n) is 7.33. The molecule has 0 atom stereocenters. The third kappa shape index (κ3) is 4.00. The van der Waals surface area contributed by atoms with E-state index in [1.807, 2.05) is 30.3 Å². The zero-order valence-electron chi connectivity index (χ0n) is 17.0. The summed E-state index contributed by atoms with van der Waals surface area (Å²) in [4.78, 5) is 42.6. The molecule has 2 aromatic rings. The van der Waals surface area contributed by atoms with Crippen molar-refractivity contribution in [3.05, 3.63) is 53.3 Å². The number of fused-ring (bicyclic) bond motifs is 1. The lowest BCUT2D eigenvalue weighted by Crippen LogP contribution is -2.50. The smallest absolute Gasteiger partial charge is 0.409 e. The molecule has 0 saturated carbocycles. The first kappa shape index (κ1) is 19.9. The van der Waals surface area contributed by atoms with Crippen LogP contribution >= 0.6 is 0 Å². The number of piperazine rings is 1. The highest BCUT2D eigenvalue weighted by molar-refractivity contribution is 5.98. The molecule has 4 rings (SSSR count). The molecule has 1 aromatic heterocycles. The molecule has 0 radical (unpaired) electrons. The van der Waals surface area contributed by atoms with Crippen molar-refractivity contribution in [2.24, 2.45) is 0 Å². The molecule has 3 heterocycles. The summed E-state index contributed by atoms with van der Waals surface area (Å²) in [6.45, 7) is 5.38. The van der Waals surface area contributed by atoms with Gasteiger partial charge in [-0.15, -0.1) is 0 Å². The molecule has 30 heavy (non-hydrogen) atoms. The number of ether oxygens (including phenoxy) is 1. The summed E-state index contributed by atoms with van der Waals surface area (Å²) in [5, 5.41) is 4.37. The summed E-state index contributed by atoms with van der Waals surface area (Å²) >= 11 is 0. The maximum atomic E-state index is 12.9. The predicted octanol–water partition coefficient (Wildman–Crippen LogP) is 1.45. The van der Waals surface area contributed by atoms with Crippen LogP contribution in [0.5, 0.6) is 0 Å². The third-order valence-corrected chi connectivity index (χ3v) is 5.40. The number of carbonyl (C=O) groups is 3. The van der Waals surface area contributed by atoms with Gasteiger partial charge in [0.15, 0.2) is 5.69 Å². The van der Waals surface area contributed by atoms with Crippen LogP contribution in [0.2, 0.25) is 0 Å². The number of amides is 3. The van der Waals surface area contributed by atoms with Crippen LogP contribution in [-0.4, -0.2) is 81.7 Å². The lowest BCUT2D eigenvalue weighted by Gasteiger charge is -2.33. The average Bonchev–Trinajstić information content (AvgIpc) is 3.21. The molecule has 1 saturated heterocycles. The van der Waals surface area contributed by atoms with E-state index in [1.165, 1.54) is 0 Å². The number of hydrogen-bond acceptors (Lipinski definition) is 5. The summed E-state index contributed by atoms with van der Waals surface area (Å²) in [5.74, 6) is -0.341. The number of hydrogen-bond donors (Lipinski definition) is 0. The van der Waals surface area contributed by atoms with Gasteiger partial charge in [0.1, 0.15) is 5.69 Å². The first-order chi connectivity index (χ1) is 14.6. The topological polar surface area (TPSA) is 88.0 Å². The van der Waals surface area contributed by atoms with Crippen LogP contribution < -0.4 is 0 Å². The largest absolute Gasteiger partial charge is 0.450 e. The Morgan fingerprint density at radius 1 is 1.00 bits per heavy atom. The highest BCUT2D eigenvalue weighted by Crippen LogP contribution is 2.18. The lowest BCUT2D eigenvalue weighted by atomic mass is 10.2. The van der Waals surface area contributed by atoms with E-state index in [4.69, 9.17) is 4.74 Å². The van der Waals surface area contributed by atoms with Crippen molar-refractivity contribution >= 4 is 17.9 Å². The predicted molar refractivity (Wildman–Crippen MR) is 108 cm³/mol. The van der Waals surface area contributed by atoms with E-state index in [1.54, 1.807) is 32.4 Å². The molecular formula is C21H25N5O4. The summed E-state index contributed by atoms with van der Waals surface area (Å²) in [6.07, 6.45) is -0.355. The van der Waals surface area contributed by atoms with E-state index in [2.05, 4.69) is 5.10 Å². The minimum atomic E-state index is -0.355. The summed E-state index contributed by atoms with van der Waals surface area (Å²) in [5.41, 5.74) is 1.77. The molecule has 0 unspecified atom stereocenters. The maximum absolute atomic E-state index is 12.9. The van der Waals surface area contributed by atoms with Gasteiger partial charge in [-0.1, -0.05) is 30.3 Å². The molecule has 2 aliphatic heterocycles. The standard InChI is InChI=1S/C21H25N5O4/c1-2-30-21(29)24-10-8-23(9-11-24)19(27)17-14-18-20(28)25(12-13-26(18)22-17)15-16-6-4-3-5-7-16/h3-7,14H,2,8-13,15H2,1H3. The number of rotatable bonds is 4. The molecule has 0 aliphatic carbocycles. The van der Waals surface area contributed by atoms with Crippen LogP contribution in [0, 0.1) is 0 Å². The van der Waals surface area contributed by atoms with E-state index in [9.17, 15) is 14.4 Å². The van der Waals surface area contributed by atoms with Crippen LogP contribution in [0.3, 0.4) is 0 Å². The minimum Gasteiger partial charge on any atom is -0.450 e. The van der Waals surface area contributed by atoms with Crippen molar-refractivity contribution in [2.75, 3.05) is 39.3 Å². The lowest BCUT2D eigenvalue weighted by molar-refractivity contribution is 0.0564. The fourth-order valence-electron chi connectivity index (χ4n) is 3.77. The van der Waals surface area contributed by atoms with E-state index in [0.717, 1.165) is 5.56 Å². The van der Waals surface area contributed by atoms with Crippen LogP contribution in [-0.2, 0) is 17.8 Å². The Balaban J connectivity index is 1.41. The number of aromatic nitrogens is 2. The summed E-state index contributed by atoms with van der Waals surface area (Å²) in [6, 6.07) is 11.4. The Bertz CT molecular complexity index is 934. The van der Waals surface area contributed by atoms with Gasteiger partial charge in [0.25, 0.3) is 11.8 Å². The highest BCUT2D eigenvalue weighted by atomic mass is 16.6. The molecule has 9 nitrogen and oxygen atoms in total. The van der Waals surface area contributed by atoms with Gasteiger partial charge in [0, 0.05) is 45.3 Å². The molecule has 0 bridgehead atoms. The van der Waals surface area contributed by atoms with Crippen LogP contribution in [0.4, 0.5) is 4.79 Å². The maximum Gasteiger partial charge on any atom is 0.409 e. The summed E-state index contributed by atoms with van der Waals surface area (Å²) in [7, 11) is 0. The van der Waals surface area contributed by atoms with Gasteiger partial charge in [0.05, 0.1) is 13.2 Å². The molecule has 0 spiro atoms. The molecule has 3 amide bonds. The Morgan fingerprint density at radius 2 is 1.70 bits per heavy atom. The average molecular weight is 411 g/mol. The Kier molecular flexibility index (Phi) is 5.69. The minimum absolute atomic E-state index is 0.121. The second kappa shape index (κ2) is 8.56. The second-order valence-corrected chi connectivity index (χ2v) is 7.33. The van der Waals surface area contributed by atoms with Crippen molar-refractivity contribution in [1.29, 1.82) is 0 Å².